The van der Waals surface area contributed by atoms with E-state index in [2.05, 4.69) is 41.8 Å². The lowest BCUT2D eigenvalue weighted by molar-refractivity contribution is 0.853. The van der Waals surface area contributed by atoms with Crippen LogP contribution in [0.4, 0.5) is 0 Å². The Morgan fingerprint density at radius 2 is 2.06 bits per heavy atom. The van der Waals surface area contributed by atoms with Crippen molar-refractivity contribution in [1.82, 2.24) is 10.6 Å². The topological polar surface area (TPSA) is 24.1 Å². The summed E-state index contributed by atoms with van der Waals surface area (Å²) in [6.07, 6.45) is 2.54. The largest absolute Gasteiger partial charge is 0.362 e. The van der Waals surface area contributed by atoms with Crippen LogP contribution in [0.5, 0.6) is 0 Å². The smallest absolute Gasteiger partial charge is 0.166 e. The van der Waals surface area contributed by atoms with Crippen molar-refractivity contribution >= 4 is 29.1 Å². The molecule has 0 unspecified atom stereocenters. The SMILES string of the molecule is Cc1ccc(CSCCNC(=S)NC2CC2)cc1. The third kappa shape index (κ3) is 5.27. The molecule has 2 rings (SSSR count). The van der Waals surface area contributed by atoms with Gasteiger partial charge in [-0.3, -0.25) is 0 Å². The van der Waals surface area contributed by atoms with Gasteiger partial charge in [-0.1, -0.05) is 29.8 Å². The van der Waals surface area contributed by atoms with Gasteiger partial charge in [0.15, 0.2) is 5.11 Å². The van der Waals surface area contributed by atoms with Crippen LogP contribution in [0, 0.1) is 6.92 Å². The molecule has 0 heterocycles. The Labute approximate surface area is 119 Å². The second-order valence-electron chi connectivity index (χ2n) is 4.71. The highest BCUT2D eigenvalue weighted by Gasteiger charge is 2.21. The van der Waals surface area contributed by atoms with E-state index in [4.69, 9.17) is 12.2 Å². The van der Waals surface area contributed by atoms with Gasteiger partial charge in [-0.15, -0.1) is 0 Å². The zero-order chi connectivity index (χ0) is 12.8. The predicted octanol–water partition coefficient (Wildman–Crippen LogP) is 2.85. The zero-order valence-corrected chi connectivity index (χ0v) is 12.4. The summed E-state index contributed by atoms with van der Waals surface area (Å²) < 4.78 is 0. The van der Waals surface area contributed by atoms with Crippen molar-refractivity contribution in [3.05, 3.63) is 35.4 Å². The predicted molar refractivity (Wildman–Crippen MR) is 84.1 cm³/mol. The normalized spacial score (nSPS) is 14.3. The van der Waals surface area contributed by atoms with Gasteiger partial charge in [-0.2, -0.15) is 11.8 Å². The molecule has 1 aliphatic rings. The van der Waals surface area contributed by atoms with Crippen molar-refractivity contribution in [2.45, 2.75) is 31.6 Å². The molecule has 1 aliphatic carbocycles. The summed E-state index contributed by atoms with van der Waals surface area (Å²) in [6.45, 7) is 3.06. The van der Waals surface area contributed by atoms with Gasteiger partial charge in [0.1, 0.15) is 0 Å². The lowest BCUT2D eigenvalue weighted by atomic mass is 10.2. The molecule has 18 heavy (non-hydrogen) atoms. The van der Waals surface area contributed by atoms with Gasteiger partial charge in [0, 0.05) is 24.1 Å². The van der Waals surface area contributed by atoms with Crippen LogP contribution in [-0.4, -0.2) is 23.5 Å². The molecule has 0 saturated heterocycles. The Kier molecular flexibility index (Phi) is 5.32. The van der Waals surface area contributed by atoms with E-state index in [-0.39, 0.29) is 0 Å². The average molecular weight is 280 g/mol. The van der Waals surface area contributed by atoms with Gasteiger partial charge >= 0.3 is 0 Å². The Balaban J connectivity index is 1.52. The molecule has 0 amide bonds. The molecular formula is C14H20N2S2. The maximum absolute atomic E-state index is 5.20. The minimum Gasteiger partial charge on any atom is -0.362 e. The summed E-state index contributed by atoms with van der Waals surface area (Å²) in [7, 11) is 0. The summed E-state index contributed by atoms with van der Waals surface area (Å²) in [5, 5.41) is 7.34. The number of benzene rings is 1. The number of thiocarbonyl (C=S) groups is 1. The van der Waals surface area contributed by atoms with Crippen molar-refractivity contribution in [3.8, 4) is 0 Å². The fraction of sp³-hybridized carbons (Fsp3) is 0.500. The van der Waals surface area contributed by atoms with Gasteiger partial charge in [0.2, 0.25) is 0 Å². The first-order valence-electron chi connectivity index (χ1n) is 6.42. The second kappa shape index (κ2) is 7.00. The molecule has 98 valence electrons. The monoisotopic (exact) mass is 280 g/mol. The number of thioether (sulfide) groups is 1. The fourth-order valence-electron chi connectivity index (χ4n) is 1.58. The van der Waals surface area contributed by atoms with Crippen molar-refractivity contribution < 1.29 is 0 Å². The van der Waals surface area contributed by atoms with Crippen LogP contribution < -0.4 is 10.6 Å². The maximum atomic E-state index is 5.20. The molecule has 0 spiro atoms. The third-order valence-corrected chi connectivity index (χ3v) is 4.13. The van der Waals surface area contributed by atoms with Crippen molar-refractivity contribution in [2.75, 3.05) is 12.3 Å². The minimum atomic E-state index is 0.644. The number of rotatable bonds is 6. The number of hydrogen-bond acceptors (Lipinski definition) is 2. The van der Waals surface area contributed by atoms with Crippen LogP contribution >= 0.6 is 24.0 Å². The minimum absolute atomic E-state index is 0.644. The van der Waals surface area contributed by atoms with E-state index in [0.717, 1.165) is 23.2 Å². The molecule has 2 N–H and O–H groups in total. The first-order chi connectivity index (χ1) is 8.74. The highest BCUT2D eigenvalue weighted by Crippen LogP contribution is 2.18. The fourth-order valence-corrected chi connectivity index (χ4v) is 2.66. The van der Waals surface area contributed by atoms with E-state index < -0.39 is 0 Å². The summed E-state index contributed by atoms with van der Waals surface area (Å²) in [4.78, 5) is 0. The van der Waals surface area contributed by atoms with E-state index in [1.807, 2.05) is 11.8 Å². The first-order valence-corrected chi connectivity index (χ1v) is 7.98. The highest BCUT2D eigenvalue weighted by molar-refractivity contribution is 7.98. The maximum Gasteiger partial charge on any atom is 0.166 e. The Bertz CT molecular complexity index is 385. The van der Waals surface area contributed by atoms with E-state index in [1.54, 1.807) is 0 Å². The van der Waals surface area contributed by atoms with Gasteiger partial charge in [-0.25, -0.2) is 0 Å². The van der Waals surface area contributed by atoms with Crippen LogP contribution in [0.1, 0.15) is 24.0 Å². The summed E-state index contributed by atoms with van der Waals surface area (Å²) in [6, 6.07) is 9.39. The van der Waals surface area contributed by atoms with E-state index in [1.165, 1.54) is 24.0 Å². The highest BCUT2D eigenvalue weighted by atomic mass is 32.2. The molecule has 1 aromatic rings. The number of hydrogen-bond donors (Lipinski definition) is 2. The molecule has 1 aromatic carbocycles. The van der Waals surface area contributed by atoms with Gasteiger partial charge in [0.05, 0.1) is 0 Å². The standard InChI is InChI=1S/C14H20N2S2/c1-11-2-4-12(5-3-11)10-18-9-8-15-14(17)16-13-6-7-13/h2-5,13H,6-10H2,1H3,(H2,15,16,17). The quantitative estimate of drug-likeness (QED) is 0.618. The molecule has 1 fully saturated rings. The third-order valence-electron chi connectivity index (χ3n) is 2.83. The summed E-state index contributed by atoms with van der Waals surface area (Å²) in [5.74, 6) is 2.16. The van der Waals surface area contributed by atoms with Gasteiger partial charge < -0.3 is 10.6 Å². The molecule has 4 heteroatoms. The van der Waals surface area contributed by atoms with E-state index in [9.17, 15) is 0 Å². The number of nitrogens with one attached hydrogen (secondary N) is 2. The van der Waals surface area contributed by atoms with Crippen LogP contribution in [0.3, 0.4) is 0 Å². The average Bonchev–Trinajstić information content (AvgIpc) is 3.15. The van der Waals surface area contributed by atoms with Gasteiger partial charge in [-0.05, 0) is 37.5 Å². The van der Waals surface area contributed by atoms with Crippen molar-refractivity contribution in [3.63, 3.8) is 0 Å². The zero-order valence-electron chi connectivity index (χ0n) is 10.7. The Hall–Kier alpha value is -0.740. The van der Waals surface area contributed by atoms with Crippen LogP contribution in [0.2, 0.25) is 0 Å². The molecule has 0 atom stereocenters. The lowest BCUT2D eigenvalue weighted by Gasteiger charge is -2.09. The second-order valence-corrected chi connectivity index (χ2v) is 6.23. The molecule has 0 aromatic heterocycles. The molecule has 2 nitrogen and oxygen atoms in total. The van der Waals surface area contributed by atoms with Gasteiger partial charge in [0.25, 0.3) is 0 Å². The van der Waals surface area contributed by atoms with Crippen molar-refractivity contribution in [2.24, 2.45) is 0 Å². The Morgan fingerprint density at radius 1 is 1.33 bits per heavy atom. The number of aryl methyl sites for hydroxylation is 1. The van der Waals surface area contributed by atoms with Crippen LogP contribution in [0.15, 0.2) is 24.3 Å². The van der Waals surface area contributed by atoms with E-state index in [0.29, 0.717) is 6.04 Å². The van der Waals surface area contributed by atoms with Crippen molar-refractivity contribution in [1.29, 1.82) is 0 Å². The molecular weight excluding hydrogens is 260 g/mol. The molecule has 0 aliphatic heterocycles. The molecule has 1 saturated carbocycles. The molecule has 0 bridgehead atoms. The molecule has 0 radical (unpaired) electrons. The van der Waals surface area contributed by atoms with Crippen LogP contribution in [-0.2, 0) is 5.75 Å². The Morgan fingerprint density at radius 3 is 2.72 bits per heavy atom. The lowest BCUT2D eigenvalue weighted by Crippen LogP contribution is -2.37. The first kappa shape index (κ1) is 13.7. The van der Waals surface area contributed by atoms with E-state index >= 15 is 0 Å². The summed E-state index contributed by atoms with van der Waals surface area (Å²) >= 11 is 7.13. The van der Waals surface area contributed by atoms with Crippen LogP contribution in [0.25, 0.3) is 0 Å². The summed E-state index contributed by atoms with van der Waals surface area (Å²) in [5.41, 5.74) is 2.71.